The van der Waals surface area contributed by atoms with Gasteiger partial charge in [0.1, 0.15) is 0 Å². The van der Waals surface area contributed by atoms with E-state index in [9.17, 15) is 9.90 Å². The highest BCUT2D eigenvalue weighted by Crippen LogP contribution is 2.23. The number of aliphatic hydroxyl groups is 1. The number of carbonyl (C=O) groups is 1. The summed E-state index contributed by atoms with van der Waals surface area (Å²) in [5.74, 6) is 0.579. The molecule has 0 radical (unpaired) electrons. The smallest absolute Gasteiger partial charge is 0.254 e. The number of aliphatic hydroxyl groups excluding tert-OH is 1. The van der Waals surface area contributed by atoms with Gasteiger partial charge in [-0.3, -0.25) is 4.79 Å². The molecule has 2 atom stereocenters. The fraction of sp³-hybridized carbons (Fsp3) is 0.421. The van der Waals surface area contributed by atoms with Crippen LogP contribution < -0.4 is 5.32 Å². The van der Waals surface area contributed by atoms with Gasteiger partial charge in [-0.2, -0.15) is 0 Å². The summed E-state index contributed by atoms with van der Waals surface area (Å²) in [6, 6.07) is 9.70. The van der Waals surface area contributed by atoms with Crippen LogP contribution in [0.4, 0.5) is 0 Å². The molecule has 1 aromatic carbocycles. The summed E-state index contributed by atoms with van der Waals surface area (Å²) in [6.07, 6.45) is 8.38. The molecule has 1 heterocycles. The van der Waals surface area contributed by atoms with Crippen molar-refractivity contribution in [3.8, 4) is 11.4 Å². The van der Waals surface area contributed by atoms with Gasteiger partial charge in [0.05, 0.1) is 5.56 Å². The van der Waals surface area contributed by atoms with E-state index in [1.807, 2.05) is 30.3 Å². The minimum absolute atomic E-state index is 0.0267. The Morgan fingerprint density at radius 3 is 2.50 bits per heavy atom. The Bertz CT molecular complexity index is 658. The number of carbonyl (C=O) groups excluding carboxylic acids is 1. The van der Waals surface area contributed by atoms with Crippen LogP contribution in [0.1, 0.15) is 42.5 Å². The van der Waals surface area contributed by atoms with Crippen LogP contribution in [0.3, 0.4) is 0 Å². The maximum absolute atomic E-state index is 12.5. The molecule has 1 saturated carbocycles. The molecule has 2 aromatic rings. The molecule has 0 aliphatic heterocycles. The lowest BCUT2D eigenvalue weighted by molar-refractivity contribution is 0.0899. The molecular weight excluding hydrogens is 302 g/mol. The summed E-state index contributed by atoms with van der Waals surface area (Å²) in [4.78, 5) is 21.1. The average molecular weight is 325 g/mol. The van der Waals surface area contributed by atoms with E-state index in [1.54, 1.807) is 12.4 Å². The fourth-order valence-electron chi connectivity index (χ4n) is 3.23. The van der Waals surface area contributed by atoms with Gasteiger partial charge in [0.15, 0.2) is 5.82 Å². The van der Waals surface area contributed by atoms with E-state index < -0.39 is 0 Å². The number of nitrogens with one attached hydrogen (secondary N) is 1. The van der Waals surface area contributed by atoms with Crippen molar-refractivity contribution in [2.24, 2.45) is 5.92 Å². The predicted octanol–water partition coefficient (Wildman–Crippen LogP) is 2.81. The zero-order valence-corrected chi connectivity index (χ0v) is 13.7. The third-order valence-electron chi connectivity index (χ3n) is 4.66. The monoisotopic (exact) mass is 325 g/mol. The van der Waals surface area contributed by atoms with Crippen molar-refractivity contribution in [3.63, 3.8) is 0 Å². The van der Waals surface area contributed by atoms with Gasteiger partial charge in [-0.1, -0.05) is 49.6 Å². The zero-order chi connectivity index (χ0) is 16.8. The van der Waals surface area contributed by atoms with E-state index in [4.69, 9.17) is 0 Å². The molecule has 1 aliphatic rings. The molecule has 1 aliphatic carbocycles. The van der Waals surface area contributed by atoms with Crippen molar-refractivity contribution in [1.82, 2.24) is 15.3 Å². The minimum atomic E-state index is -0.167. The van der Waals surface area contributed by atoms with Crippen LogP contribution in [0.5, 0.6) is 0 Å². The van der Waals surface area contributed by atoms with E-state index in [-0.39, 0.29) is 24.5 Å². The Morgan fingerprint density at radius 2 is 1.79 bits per heavy atom. The summed E-state index contributed by atoms with van der Waals surface area (Å²) >= 11 is 0. The van der Waals surface area contributed by atoms with Gasteiger partial charge in [0.2, 0.25) is 0 Å². The molecule has 0 saturated heterocycles. The van der Waals surface area contributed by atoms with Crippen LogP contribution in [-0.4, -0.2) is 33.6 Å². The summed E-state index contributed by atoms with van der Waals surface area (Å²) in [6.45, 7) is 0.119. The van der Waals surface area contributed by atoms with E-state index in [0.29, 0.717) is 11.4 Å². The van der Waals surface area contributed by atoms with Crippen LogP contribution >= 0.6 is 0 Å². The second-order valence-electron chi connectivity index (χ2n) is 6.32. The van der Waals surface area contributed by atoms with E-state index in [0.717, 1.165) is 37.7 Å². The molecule has 5 heteroatoms. The van der Waals surface area contributed by atoms with Crippen LogP contribution in [0, 0.1) is 5.92 Å². The first kappa shape index (κ1) is 16.6. The second-order valence-corrected chi connectivity index (χ2v) is 6.32. The Kier molecular flexibility index (Phi) is 5.54. The molecule has 2 N–H and O–H groups in total. The quantitative estimate of drug-likeness (QED) is 0.848. The van der Waals surface area contributed by atoms with Crippen LogP contribution in [0.25, 0.3) is 11.4 Å². The summed E-state index contributed by atoms with van der Waals surface area (Å²) < 4.78 is 0. The second kappa shape index (κ2) is 8.02. The highest BCUT2D eigenvalue weighted by molar-refractivity contribution is 5.93. The van der Waals surface area contributed by atoms with Gasteiger partial charge in [0.25, 0.3) is 5.91 Å². The fourth-order valence-corrected chi connectivity index (χ4v) is 3.23. The van der Waals surface area contributed by atoms with Gasteiger partial charge >= 0.3 is 0 Å². The first-order valence-electron chi connectivity index (χ1n) is 8.57. The standard InChI is InChI=1S/C19H23N3O2/c23-13-15-9-5-2-6-10-17(15)22-19(24)16-11-20-18(21-12-16)14-7-3-1-4-8-14/h1,3-4,7-8,11-12,15,17,23H,2,5-6,9-10,13H2,(H,22,24). The Morgan fingerprint density at radius 1 is 1.08 bits per heavy atom. The third kappa shape index (κ3) is 3.97. The summed E-state index contributed by atoms with van der Waals surface area (Å²) in [5, 5.41) is 12.6. The van der Waals surface area contributed by atoms with Crippen LogP contribution in [0.2, 0.25) is 0 Å². The number of amides is 1. The first-order chi connectivity index (χ1) is 11.8. The van der Waals surface area contributed by atoms with E-state index in [2.05, 4.69) is 15.3 Å². The van der Waals surface area contributed by atoms with Gasteiger partial charge in [0, 0.05) is 36.5 Å². The maximum Gasteiger partial charge on any atom is 0.254 e. The lowest BCUT2D eigenvalue weighted by Gasteiger charge is -2.24. The summed E-state index contributed by atoms with van der Waals surface area (Å²) in [5.41, 5.74) is 1.38. The minimum Gasteiger partial charge on any atom is -0.396 e. The molecule has 126 valence electrons. The Balaban J connectivity index is 1.68. The van der Waals surface area contributed by atoms with Gasteiger partial charge in [-0.15, -0.1) is 0 Å². The lowest BCUT2D eigenvalue weighted by atomic mass is 9.95. The molecule has 24 heavy (non-hydrogen) atoms. The van der Waals surface area contributed by atoms with Crippen molar-refractivity contribution in [1.29, 1.82) is 0 Å². The molecule has 5 nitrogen and oxygen atoms in total. The molecule has 0 bridgehead atoms. The molecule has 1 amide bonds. The normalized spacial score (nSPS) is 21.0. The van der Waals surface area contributed by atoms with Gasteiger partial charge in [-0.25, -0.2) is 9.97 Å². The average Bonchev–Trinajstić information content (AvgIpc) is 2.87. The number of hydrogen-bond donors (Lipinski definition) is 2. The largest absolute Gasteiger partial charge is 0.396 e. The van der Waals surface area contributed by atoms with Crippen molar-refractivity contribution < 1.29 is 9.90 Å². The Hall–Kier alpha value is -2.27. The SMILES string of the molecule is O=C(NC1CCCCCC1CO)c1cnc(-c2ccccc2)nc1. The van der Waals surface area contributed by atoms with Crippen LogP contribution in [0.15, 0.2) is 42.7 Å². The van der Waals surface area contributed by atoms with Crippen molar-refractivity contribution in [2.75, 3.05) is 6.61 Å². The zero-order valence-electron chi connectivity index (χ0n) is 13.7. The maximum atomic E-state index is 12.5. The Labute approximate surface area is 142 Å². The molecule has 1 fully saturated rings. The molecule has 2 unspecified atom stereocenters. The molecule has 0 spiro atoms. The van der Waals surface area contributed by atoms with Crippen LogP contribution in [-0.2, 0) is 0 Å². The number of benzene rings is 1. The predicted molar refractivity (Wildman–Crippen MR) is 92.4 cm³/mol. The van der Waals surface area contributed by atoms with E-state index >= 15 is 0 Å². The van der Waals surface area contributed by atoms with Crippen molar-refractivity contribution in [3.05, 3.63) is 48.3 Å². The highest BCUT2D eigenvalue weighted by atomic mass is 16.3. The van der Waals surface area contributed by atoms with E-state index in [1.165, 1.54) is 0 Å². The molecular formula is C19H23N3O2. The van der Waals surface area contributed by atoms with Crippen molar-refractivity contribution in [2.45, 2.75) is 38.1 Å². The highest BCUT2D eigenvalue weighted by Gasteiger charge is 2.25. The number of rotatable bonds is 4. The number of nitrogens with zero attached hydrogens (tertiary/aromatic N) is 2. The van der Waals surface area contributed by atoms with Gasteiger partial charge < -0.3 is 10.4 Å². The lowest BCUT2D eigenvalue weighted by Crippen LogP contribution is -2.41. The summed E-state index contributed by atoms with van der Waals surface area (Å²) in [7, 11) is 0. The van der Waals surface area contributed by atoms with Crippen molar-refractivity contribution >= 4 is 5.91 Å². The number of aromatic nitrogens is 2. The topological polar surface area (TPSA) is 75.1 Å². The molecule has 1 aromatic heterocycles. The third-order valence-corrected chi connectivity index (χ3v) is 4.66. The first-order valence-corrected chi connectivity index (χ1v) is 8.57. The number of hydrogen-bond acceptors (Lipinski definition) is 4. The van der Waals surface area contributed by atoms with Gasteiger partial charge in [-0.05, 0) is 12.8 Å². The molecule has 3 rings (SSSR count).